The molecular formula is C14H15ClF4N6O2. The molecule has 8 nitrogen and oxygen atoms in total. The minimum absolute atomic E-state index is 0.0490. The molecule has 0 aliphatic rings. The van der Waals surface area contributed by atoms with Crippen LogP contribution in [0.4, 0.5) is 23.2 Å². The van der Waals surface area contributed by atoms with Gasteiger partial charge in [0.15, 0.2) is 5.69 Å². The first kappa shape index (κ1) is 20.7. The van der Waals surface area contributed by atoms with E-state index in [9.17, 15) is 27.2 Å². The van der Waals surface area contributed by atoms with Crippen LogP contribution in [-0.2, 0) is 11.3 Å². The van der Waals surface area contributed by atoms with Gasteiger partial charge in [0, 0.05) is 12.7 Å². The molecule has 1 unspecified atom stereocenters. The highest BCUT2D eigenvalue weighted by Crippen LogP contribution is 2.36. The van der Waals surface area contributed by atoms with Crippen molar-refractivity contribution in [2.24, 2.45) is 5.73 Å². The van der Waals surface area contributed by atoms with Crippen LogP contribution in [0.2, 0.25) is 5.02 Å². The first-order chi connectivity index (χ1) is 12.6. The topological polar surface area (TPSA) is 108 Å². The maximum atomic E-state index is 13.2. The summed E-state index contributed by atoms with van der Waals surface area (Å²) in [6, 6.07) is -1.44. The van der Waals surface area contributed by atoms with Crippen LogP contribution >= 0.6 is 11.6 Å². The molecule has 2 amide bonds. The van der Waals surface area contributed by atoms with Gasteiger partial charge in [-0.3, -0.25) is 14.3 Å². The number of nitrogens with one attached hydrogen (secondary N) is 1. The summed E-state index contributed by atoms with van der Waals surface area (Å²) in [5.41, 5.74) is 2.84. The number of carbonyl (C=O) groups is 2. The van der Waals surface area contributed by atoms with Crippen molar-refractivity contribution < 1.29 is 27.2 Å². The maximum absolute atomic E-state index is 13.2. The molecule has 2 aromatic rings. The summed E-state index contributed by atoms with van der Waals surface area (Å²) >= 11 is 5.57. The number of aryl methyl sites for hydroxylation is 1. The summed E-state index contributed by atoms with van der Waals surface area (Å²) in [5.74, 6) is -1.82. The van der Waals surface area contributed by atoms with Crippen LogP contribution in [0.3, 0.4) is 0 Å². The summed E-state index contributed by atoms with van der Waals surface area (Å²) in [7, 11) is 0. The van der Waals surface area contributed by atoms with Crippen LogP contribution < -0.4 is 11.1 Å². The highest BCUT2D eigenvalue weighted by atomic mass is 35.5. The fraction of sp³-hybridized carbons (Fsp3) is 0.429. The van der Waals surface area contributed by atoms with Gasteiger partial charge in [-0.15, -0.1) is 0 Å². The van der Waals surface area contributed by atoms with Gasteiger partial charge in [0.25, 0.3) is 18.8 Å². The van der Waals surface area contributed by atoms with Crippen LogP contribution in [-0.4, -0.2) is 31.4 Å². The molecule has 2 aromatic heterocycles. The Morgan fingerprint density at radius 2 is 1.89 bits per heavy atom. The smallest absolute Gasteiger partial charge is 0.283 e. The third kappa shape index (κ3) is 4.04. The van der Waals surface area contributed by atoms with E-state index in [4.69, 9.17) is 17.3 Å². The lowest BCUT2D eigenvalue weighted by molar-refractivity contribution is -0.119. The molecule has 2 rings (SSSR count). The molecule has 0 spiro atoms. The molecule has 0 aliphatic heterocycles. The fourth-order valence-corrected chi connectivity index (χ4v) is 2.57. The summed E-state index contributed by atoms with van der Waals surface area (Å²) in [6.45, 7) is 3.25. The largest absolute Gasteiger partial charge is 0.364 e. The number of aromatic nitrogens is 4. The number of amides is 2. The Labute approximate surface area is 155 Å². The minimum Gasteiger partial charge on any atom is -0.364 e. The molecule has 0 radical (unpaired) electrons. The van der Waals surface area contributed by atoms with Crippen LogP contribution in [0, 0.1) is 0 Å². The second-order valence-corrected chi connectivity index (χ2v) is 5.78. The Morgan fingerprint density at radius 3 is 2.37 bits per heavy atom. The number of primary amides is 1. The number of nitrogens with two attached hydrogens (primary N) is 1. The van der Waals surface area contributed by atoms with Crippen LogP contribution in [0.5, 0.6) is 0 Å². The lowest BCUT2D eigenvalue weighted by Crippen LogP contribution is -2.27. The van der Waals surface area contributed by atoms with E-state index in [0.717, 1.165) is 6.92 Å². The molecule has 148 valence electrons. The highest BCUT2D eigenvalue weighted by molar-refractivity contribution is 6.32. The molecule has 0 saturated carbocycles. The van der Waals surface area contributed by atoms with Gasteiger partial charge in [0.2, 0.25) is 5.91 Å². The van der Waals surface area contributed by atoms with E-state index in [-0.39, 0.29) is 11.4 Å². The Kier molecular flexibility index (Phi) is 6.08. The standard InChI is InChI=1S/C14H15ClF4N6O2/c1-3-24-4-6(8(22-24)13(20)26)21-14(27)5(2)25-10(12(18)19)7(15)9(23-25)11(16)17/h4-5,11-12H,3H2,1-2H3,(H2,20,26)(H,21,27). The van der Waals surface area contributed by atoms with Gasteiger partial charge in [-0.25, -0.2) is 22.2 Å². The number of halogens is 5. The molecule has 1 atom stereocenters. The quantitative estimate of drug-likeness (QED) is 0.684. The molecule has 2 heterocycles. The zero-order valence-corrected chi connectivity index (χ0v) is 14.8. The number of rotatable bonds is 7. The van der Waals surface area contributed by atoms with Crippen molar-refractivity contribution in [2.75, 3.05) is 5.32 Å². The molecular weight excluding hydrogens is 396 g/mol. The molecule has 0 saturated heterocycles. The number of carbonyl (C=O) groups excluding carboxylic acids is 2. The maximum Gasteiger partial charge on any atom is 0.283 e. The minimum atomic E-state index is -3.24. The Balaban J connectivity index is 2.37. The molecule has 0 aromatic carbocycles. The van der Waals surface area contributed by atoms with Gasteiger partial charge >= 0.3 is 0 Å². The summed E-state index contributed by atoms with van der Waals surface area (Å²) < 4.78 is 54.1. The Morgan fingerprint density at radius 1 is 1.26 bits per heavy atom. The molecule has 0 fully saturated rings. The van der Waals surface area contributed by atoms with Crippen LogP contribution in [0.1, 0.15) is 54.6 Å². The van der Waals surface area contributed by atoms with Crippen molar-refractivity contribution in [3.63, 3.8) is 0 Å². The number of hydrogen-bond donors (Lipinski definition) is 2. The zero-order chi connectivity index (χ0) is 20.5. The molecule has 13 heteroatoms. The highest BCUT2D eigenvalue weighted by Gasteiger charge is 2.32. The van der Waals surface area contributed by atoms with Crippen molar-refractivity contribution >= 4 is 29.1 Å². The van der Waals surface area contributed by atoms with E-state index in [1.807, 2.05) is 0 Å². The Bertz CT molecular complexity index is 866. The van der Waals surface area contributed by atoms with E-state index >= 15 is 0 Å². The number of nitrogens with zero attached hydrogens (tertiary/aromatic N) is 4. The summed E-state index contributed by atoms with van der Waals surface area (Å²) in [6.07, 6.45) is -5.12. The number of hydrogen-bond acceptors (Lipinski definition) is 4. The normalized spacial score (nSPS) is 12.6. The predicted molar refractivity (Wildman–Crippen MR) is 86.9 cm³/mol. The molecule has 27 heavy (non-hydrogen) atoms. The van der Waals surface area contributed by atoms with Gasteiger partial charge < -0.3 is 11.1 Å². The van der Waals surface area contributed by atoms with Crippen molar-refractivity contribution in [3.05, 3.63) is 28.3 Å². The van der Waals surface area contributed by atoms with Crippen molar-refractivity contribution in [2.45, 2.75) is 39.3 Å². The van der Waals surface area contributed by atoms with Gasteiger partial charge in [-0.05, 0) is 13.8 Å². The van der Waals surface area contributed by atoms with Crippen LogP contribution in [0.25, 0.3) is 0 Å². The zero-order valence-electron chi connectivity index (χ0n) is 14.1. The second-order valence-electron chi connectivity index (χ2n) is 5.41. The van der Waals surface area contributed by atoms with E-state index in [1.54, 1.807) is 6.92 Å². The SMILES string of the molecule is CCn1cc(NC(=O)C(C)n2nc(C(F)F)c(Cl)c2C(F)F)c(C(N)=O)n1. The fourth-order valence-electron chi connectivity index (χ4n) is 2.28. The van der Waals surface area contributed by atoms with Crippen LogP contribution in [0.15, 0.2) is 6.20 Å². The van der Waals surface area contributed by atoms with E-state index < -0.39 is 47.1 Å². The first-order valence-corrected chi connectivity index (χ1v) is 7.98. The lowest BCUT2D eigenvalue weighted by Gasteiger charge is -2.15. The number of alkyl halides is 4. The average molecular weight is 411 g/mol. The third-order valence-electron chi connectivity index (χ3n) is 3.65. The van der Waals surface area contributed by atoms with E-state index in [1.165, 1.54) is 10.9 Å². The van der Waals surface area contributed by atoms with E-state index in [2.05, 4.69) is 15.5 Å². The van der Waals surface area contributed by atoms with Gasteiger partial charge in [0.05, 0.1) is 10.7 Å². The summed E-state index contributed by atoms with van der Waals surface area (Å²) in [5, 5.41) is 8.62. The second kappa shape index (κ2) is 7.94. The van der Waals surface area contributed by atoms with Gasteiger partial charge in [-0.2, -0.15) is 10.2 Å². The van der Waals surface area contributed by atoms with Crippen molar-refractivity contribution in [3.8, 4) is 0 Å². The molecule has 0 bridgehead atoms. The molecule has 0 aliphatic carbocycles. The Hall–Kier alpha value is -2.63. The van der Waals surface area contributed by atoms with E-state index in [0.29, 0.717) is 11.2 Å². The monoisotopic (exact) mass is 410 g/mol. The first-order valence-electron chi connectivity index (χ1n) is 7.60. The third-order valence-corrected chi connectivity index (χ3v) is 4.04. The lowest BCUT2D eigenvalue weighted by atomic mass is 10.2. The summed E-state index contributed by atoms with van der Waals surface area (Å²) in [4.78, 5) is 23.8. The number of anilines is 1. The van der Waals surface area contributed by atoms with Gasteiger partial charge in [0.1, 0.15) is 17.4 Å². The predicted octanol–water partition coefficient (Wildman–Crippen LogP) is 2.93. The molecule has 3 N–H and O–H groups in total. The van der Waals surface area contributed by atoms with Crippen molar-refractivity contribution in [1.82, 2.24) is 19.6 Å². The van der Waals surface area contributed by atoms with Gasteiger partial charge in [-0.1, -0.05) is 11.6 Å². The van der Waals surface area contributed by atoms with Crippen molar-refractivity contribution in [1.29, 1.82) is 0 Å². The average Bonchev–Trinajstić information content (AvgIpc) is 3.14.